The van der Waals surface area contributed by atoms with Gasteiger partial charge in [0.05, 0.1) is 11.3 Å². The molecule has 0 saturated carbocycles. The topological polar surface area (TPSA) is 109 Å². The zero-order valence-electron chi connectivity index (χ0n) is 22.0. The first-order valence-corrected chi connectivity index (χ1v) is 12.6. The van der Waals surface area contributed by atoms with Crippen LogP contribution in [-0.4, -0.2) is 31.4 Å². The molecule has 0 atom stereocenters. The molecule has 196 valence electrons. The van der Waals surface area contributed by atoms with Crippen molar-refractivity contribution in [2.45, 2.75) is 32.7 Å². The Morgan fingerprint density at radius 1 is 0.949 bits per heavy atom. The molecule has 3 N–H and O–H groups in total. The number of carboxylic acids is 1. The first kappa shape index (κ1) is 25.7. The van der Waals surface area contributed by atoms with Crippen molar-refractivity contribution in [3.63, 3.8) is 0 Å². The third-order valence-electron chi connectivity index (χ3n) is 6.46. The molecule has 0 spiro atoms. The Bertz CT molecular complexity index is 1650. The standard InChI is InChI=1S/C31H29N5O3/c1-31(2,3)24-13-11-21(12-14-24)29(37)34-25-6-4-5-23(17-25)26-19-36-16-15-32-28(36)27(35-26)33-18-20-7-9-22(10-8-20)30(38)39/h4-17,19H,18H2,1-3H3,(H,33,35)(H,34,37)(H,38,39). The van der Waals surface area contributed by atoms with Crippen molar-refractivity contribution in [1.82, 2.24) is 14.4 Å². The highest BCUT2D eigenvalue weighted by Gasteiger charge is 2.15. The van der Waals surface area contributed by atoms with Gasteiger partial charge in [0.1, 0.15) is 0 Å². The van der Waals surface area contributed by atoms with Crippen molar-refractivity contribution in [2.75, 3.05) is 10.6 Å². The smallest absolute Gasteiger partial charge is 0.335 e. The molecule has 8 nitrogen and oxygen atoms in total. The summed E-state index contributed by atoms with van der Waals surface area (Å²) in [4.78, 5) is 33.3. The normalized spacial score (nSPS) is 11.4. The number of imidazole rings is 1. The zero-order chi connectivity index (χ0) is 27.6. The van der Waals surface area contributed by atoms with Crippen LogP contribution < -0.4 is 10.6 Å². The number of carboxylic acid groups (broad SMARTS) is 1. The van der Waals surface area contributed by atoms with Gasteiger partial charge in [-0.2, -0.15) is 0 Å². The number of fused-ring (bicyclic) bond motifs is 1. The van der Waals surface area contributed by atoms with Crippen LogP contribution in [0, 0.1) is 0 Å². The van der Waals surface area contributed by atoms with Crippen LogP contribution in [0.25, 0.3) is 16.9 Å². The summed E-state index contributed by atoms with van der Waals surface area (Å²) in [7, 11) is 0. The summed E-state index contributed by atoms with van der Waals surface area (Å²) in [5.41, 5.74) is 5.81. The van der Waals surface area contributed by atoms with Gasteiger partial charge in [0.15, 0.2) is 11.5 Å². The number of hydrogen-bond acceptors (Lipinski definition) is 5. The van der Waals surface area contributed by atoms with Gasteiger partial charge >= 0.3 is 5.97 Å². The molecule has 8 heteroatoms. The molecule has 2 heterocycles. The maximum absolute atomic E-state index is 12.9. The number of carbonyl (C=O) groups excluding carboxylic acids is 1. The Kier molecular flexibility index (Phi) is 6.85. The van der Waals surface area contributed by atoms with E-state index in [2.05, 4.69) is 36.4 Å². The van der Waals surface area contributed by atoms with Crippen molar-refractivity contribution in [3.05, 3.63) is 114 Å². The van der Waals surface area contributed by atoms with Gasteiger partial charge in [-0.15, -0.1) is 0 Å². The lowest BCUT2D eigenvalue weighted by Gasteiger charge is -2.19. The van der Waals surface area contributed by atoms with Crippen molar-refractivity contribution in [1.29, 1.82) is 0 Å². The van der Waals surface area contributed by atoms with Crippen LogP contribution in [0.2, 0.25) is 0 Å². The van der Waals surface area contributed by atoms with Crippen molar-refractivity contribution in [3.8, 4) is 11.3 Å². The fourth-order valence-corrected chi connectivity index (χ4v) is 4.22. The first-order chi connectivity index (χ1) is 18.7. The number of nitrogens with one attached hydrogen (secondary N) is 2. The van der Waals surface area contributed by atoms with Crippen LogP contribution in [0.4, 0.5) is 11.5 Å². The Labute approximate surface area is 226 Å². The molecule has 0 radical (unpaired) electrons. The van der Waals surface area contributed by atoms with E-state index in [9.17, 15) is 9.59 Å². The van der Waals surface area contributed by atoms with E-state index in [0.29, 0.717) is 35.0 Å². The highest BCUT2D eigenvalue weighted by Crippen LogP contribution is 2.26. The molecule has 0 bridgehead atoms. The number of nitrogens with zero attached hydrogens (tertiary/aromatic N) is 3. The number of rotatable bonds is 7. The SMILES string of the molecule is CC(C)(C)c1ccc(C(=O)Nc2cccc(-c3cn4ccnc4c(NCc4ccc(C(=O)O)cc4)n3)c2)cc1. The fraction of sp³-hybridized carbons (Fsp3) is 0.161. The molecule has 3 aromatic carbocycles. The summed E-state index contributed by atoms with van der Waals surface area (Å²) in [6.07, 6.45) is 5.44. The molecule has 1 amide bonds. The molecule has 0 fully saturated rings. The predicted octanol–water partition coefficient (Wildman–Crippen LogP) is 6.26. The number of aromatic nitrogens is 3. The van der Waals surface area contributed by atoms with Gasteiger partial charge < -0.3 is 20.1 Å². The van der Waals surface area contributed by atoms with Crippen molar-refractivity contribution >= 4 is 29.0 Å². The minimum atomic E-state index is -0.958. The lowest BCUT2D eigenvalue weighted by Crippen LogP contribution is -2.14. The molecule has 5 aromatic rings. The van der Waals surface area contributed by atoms with E-state index >= 15 is 0 Å². The summed E-state index contributed by atoms with van der Waals surface area (Å²) in [6.45, 7) is 6.87. The molecule has 2 aromatic heterocycles. The van der Waals surface area contributed by atoms with E-state index in [4.69, 9.17) is 10.1 Å². The largest absolute Gasteiger partial charge is 0.478 e. The Morgan fingerprint density at radius 2 is 1.67 bits per heavy atom. The minimum Gasteiger partial charge on any atom is -0.478 e. The van der Waals surface area contributed by atoms with E-state index < -0.39 is 5.97 Å². The van der Waals surface area contributed by atoms with Gasteiger partial charge in [0, 0.05) is 41.9 Å². The van der Waals surface area contributed by atoms with E-state index in [0.717, 1.165) is 11.1 Å². The van der Waals surface area contributed by atoms with E-state index in [1.54, 1.807) is 30.5 Å². The van der Waals surface area contributed by atoms with Crippen molar-refractivity contribution in [2.24, 2.45) is 0 Å². The first-order valence-electron chi connectivity index (χ1n) is 12.6. The van der Waals surface area contributed by atoms with Gasteiger partial charge in [-0.05, 0) is 52.9 Å². The summed E-state index contributed by atoms with van der Waals surface area (Å²) in [6, 6.07) is 21.9. The maximum Gasteiger partial charge on any atom is 0.335 e. The van der Waals surface area contributed by atoms with Gasteiger partial charge in [-0.3, -0.25) is 4.79 Å². The molecule has 0 unspecified atom stereocenters. The second-order valence-corrected chi connectivity index (χ2v) is 10.4. The summed E-state index contributed by atoms with van der Waals surface area (Å²) < 4.78 is 1.89. The average molecular weight is 520 g/mol. The van der Waals surface area contributed by atoms with Crippen LogP contribution in [0.15, 0.2) is 91.4 Å². The van der Waals surface area contributed by atoms with E-state index in [1.165, 1.54) is 5.56 Å². The van der Waals surface area contributed by atoms with Gasteiger partial charge in [0.2, 0.25) is 0 Å². The minimum absolute atomic E-state index is 0.0192. The van der Waals surface area contributed by atoms with Crippen LogP contribution in [0.3, 0.4) is 0 Å². The molecule has 5 rings (SSSR count). The van der Waals surface area contributed by atoms with Crippen LogP contribution >= 0.6 is 0 Å². The van der Waals surface area contributed by atoms with Crippen molar-refractivity contribution < 1.29 is 14.7 Å². The van der Waals surface area contributed by atoms with Gasteiger partial charge in [-0.25, -0.2) is 14.8 Å². The van der Waals surface area contributed by atoms with Crippen LogP contribution in [-0.2, 0) is 12.0 Å². The molecular formula is C31H29N5O3. The number of carbonyl (C=O) groups is 2. The lowest BCUT2D eigenvalue weighted by molar-refractivity contribution is 0.0696. The average Bonchev–Trinajstić information content (AvgIpc) is 3.41. The fourth-order valence-electron chi connectivity index (χ4n) is 4.22. The number of anilines is 2. The molecule has 0 saturated heterocycles. The van der Waals surface area contributed by atoms with Crippen LogP contribution in [0.1, 0.15) is 52.6 Å². The molecule has 39 heavy (non-hydrogen) atoms. The van der Waals surface area contributed by atoms with Crippen LogP contribution in [0.5, 0.6) is 0 Å². The number of amides is 1. The number of hydrogen-bond donors (Lipinski definition) is 3. The highest BCUT2D eigenvalue weighted by molar-refractivity contribution is 6.04. The molecule has 0 aliphatic rings. The third kappa shape index (κ3) is 5.80. The number of benzene rings is 3. The Balaban J connectivity index is 1.36. The second-order valence-electron chi connectivity index (χ2n) is 10.4. The Hall–Kier alpha value is -4.98. The van der Waals surface area contributed by atoms with E-state index in [-0.39, 0.29) is 16.9 Å². The Morgan fingerprint density at radius 3 is 2.36 bits per heavy atom. The maximum atomic E-state index is 12.9. The summed E-state index contributed by atoms with van der Waals surface area (Å²) in [5, 5.41) is 15.4. The number of aromatic carboxylic acids is 1. The van der Waals surface area contributed by atoms with Gasteiger partial charge in [-0.1, -0.05) is 57.2 Å². The molecular weight excluding hydrogens is 490 g/mol. The highest BCUT2D eigenvalue weighted by atomic mass is 16.4. The third-order valence-corrected chi connectivity index (χ3v) is 6.46. The molecule has 0 aliphatic carbocycles. The quantitative estimate of drug-likeness (QED) is 0.234. The monoisotopic (exact) mass is 519 g/mol. The van der Waals surface area contributed by atoms with Gasteiger partial charge in [0.25, 0.3) is 5.91 Å². The lowest BCUT2D eigenvalue weighted by atomic mass is 9.87. The molecule has 0 aliphatic heterocycles. The second kappa shape index (κ2) is 10.4. The zero-order valence-corrected chi connectivity index (χ0v) is 22.0. The van der Waals surface area contributed by atoms with E-state index in [1.807, 2.05) is 65.3 Å². The summed E-state index contributed by atoms with van der Waals surface area (Å²) in [5.74, 6) is -0.546. The summed E-state index contributed by atoms with van der Waals surface area (Å²) >= 11 is 0. The predicted molar refractivity (Wildman–Crippen MR) is 152 cm³/mol.